The molecule has 0 saturated carbocycles. The van der Waals surface area contributed by atoms with Crippen molar-refractivity contribution in [1.82, 2.24) is 15.3 Å². The molecule has 7 heteroatoms. The molecule has 0 aromatic carbocycles. The van der Waals surface area contributed by atoms with E-state index >= 15 is 0 Å². The lowest BCUT2D eigenvalue weighted by atomic mass is 10.2. The Labute approximate surface area is 136 Å². The second-order valence-corrected chi connectivity index (χ2v) is 6.73. The van der Waals surface area contributed by atoms with Gasteiger partial charge in [-0.25, -0.2) is 4.98 Å². The molecule has 1 atom stereocenters. The van der Waals surface area contributed by atoms with Crippen LogP contribution in [0.1, 0.15) is 18.8 Å². The molecule has 0 aliphatic heterocycles. The number of nitrogens with zero attached hydrogens (tertiary/aromatic N) is 1. The molecule has 3 heterocycles. The molecule has 116 valence electrons. The Balaban J connectivity index is 1.95. The Morgan fingerprint density at radius 1 is 1.45 bits per heavy atom. The average Bonchev–Trinajstić information content (AvgIpc) is 3.16. The third-order valence-corrected chi connectivity index (χ3v) is 5.19. The van der Waals surface area contributed by atoms with Crippen molar-refractivity contribution in [1.29, 1.82) is 0 Å². The van der Waals surface area contributed by atoms with Gasteiger partial charge in [0.1, 0.15) is 10.7 Å². The van der Waals surface area contributed by atoms with Crippen LogP contribution in [0.2, 0.25) is 0 Å². The molecule has 0 amide bonds. The maximum absolute atomic E-state index is 12.5. The van der Waals surface area contributed by atoms with Gasteiger partial charge in [0.05, 0.1) is 18.0 Å². The van der Waals surface area contributed by atoms with Crippen LogP contribution >= 0.6 is 22.7 Å². The topological polar surface area (TPSA) is 67.0 Å². The minimum Gasteiger partial charge on any atom is -0.383 e. The Kier molecular flexibility index (Phi) is 4.68. The highest BCUT2D eigenvalue weighted by molar-refractivity contribution is 7.18. The number of aromatic nitrogens is 2. The number of thiophene rings is 2. The molecule has 0 radical (unpaired) electrons. The molecule has 22 heavy (non-hydrogen) atoms. The SMILES string of the molecule is COCCN[C@H](C)c1nc2scc(-c3cccs3)c2c(=O)[nH]1. The van der Waals surface area contributed by atoms with Crippen LogP contribution in [0.4, 0.5) is 0 Å². The average molecular weight is 335 g/mol. The van der Waals surface area contributed by atoms with Crippen LogP contribution in [0, 0.1) is 0 Å². The fourth-order valence-electron chi connectivity index (χ4n) is 2.26. The maximum Gasteiger partial charge on any atom is 0.260 e. The van der Waals surface area contributed by atoms with Crippen LogP contribution in [0.5, 0.6) is 0 Å². The Morgan fingerprint density at radius 2 is 2.32 bits per heavy atom. The molecule has 5 nitrogen and oxygen atoms in total. The summed E-state index contributed by atoms with van der Waals surface area (Å²) in [5.41, 5.74) is 0.889. The highest BCUT2D eigenvalue weighted by Gasteiger charge is 2.15. The minimum atomic E-state index is -0.0787. The fraction of sp³-hybridized carbons (Fsp3) is 0.333. The normalized spacial score (nSPS) is 12.8. The number of H-pyrrole nitrogens is 1. The Hall–Kier alpha value is -1.54. The summed E-state index contributed by atoms with van der Waals surface area (Å²) in [6, 6.07) is 3.98. The number of nitrogens with one attached hydrogen (secondary N) is 2. The summed E-state index contributed by atoms with van der Waals surface area (Å²) in [5, 5.41) is 7.97. The maximum atomic E-state index is 12.5. The fourth-order valence-corrected chi connectivity index (χ4v) is 4.03. The second-order valence-electron chi connectivity index (χ2n) is 4.93. The van der Waals surface area contributed by atoms with E-state index < -0.39 is 0 Å². The molecular formula is C15H17N3O2S2. The molecule has 0 unspecified atom stereocenters. The van der Waals surface area contributed by atoms with Crippen molar-refractivity contribution >= 4 is 32.9 Å². The summed E-state index contributed by atoms with van der Waals surface area (Å²) in [5.74, 6) is 0.660. The van der Waals surface area contributed by atoms with E-state index in [-0.39, 0.29) is 11.6 Å². The number of fused-ring (bicyclic) bond motifs is 1. The van der Waals surface area contributed by atoms with Gasteiger partial charge in [-0.1, -0.05) is 6.07 Å². The number of ether oxygens (including phenoxy) is 1. The van der Waals surface area contributed by atoms with E-state index in [1.54, 1.807) is 18.4 Å². The van der Waals surface area contributed by atoms with E-state index in [2.05, 4.69) is 15.3 Å². The van der Waals surface area contributed by atoms with E-state index in [0.717, 1.165) is 15.3 Å². The molecular weight excluding hydrogens is 318 g/mol. The van der Waals surface area contributed by atoms with Crippen molar-refractivity contribution in [2.45, 2.75) is 13.0 Å². The van der Waals surface area contributed by atoms with Gasteiger partial charge in [0.2, 0.25) is 0 Å². The van der Waals surface area contributed by atoms with Gasteiger partial charge in [0.25, 0.3) is 5.56 Å². The molecule has 0 fully saturated rings. The molecule has 0 saturated heterocycles. The Bertz CT molecular complexity index is 808. The lowest BCUT2D eigenvalue weighted by Gasteiger charge is -2.12. The molecule has 0 aliphatic carbocycles. The number of rotatable bonds is 6. The molecule has 0 spiro atoms. The van der Waals surface area contributed by atoms with Crippen molar-refractivity contribution in [3.8, 4) is 10.4 Å². The number of hydrogen-bond acceptors (Lipinski definition) is 6. The smallest absolute Gasteiger partial charge is 0.260 e. The van der Waals surface area contributed by atoms with Crippen LogP contribution < -0.4 is 10.9 Å². The van der Waals surface area contributed by atoms with Crippen LogP contribution in [-0.4, -0.2) is 30.2 Å². The highest BCUT2D eigenvalue weighted by Crippen LogP contribution is 2.33. The summed E-state index contributed by atoms with van der Waals surface area (Å²) < 4.78 is 5.02. The summed E-state index contributed by atoms with van der Waals surface area (Å²) in [7, 11) is 1.66. The van der Waals surface area contributed by atoms with E-state index in [9.17, 15) is 4.79 Å². The predicted octanol–water partition coefficient (Wildman–Crippen LogP) is 3.01. The second kappa shape index (κ2) is 6.70. The van der Waals surface area contributed by atoms with Crippen molar-refractivity contribution in [2.75, 3.05) is 20.3 Å². The lowest BCUT2D eigenvalue weighted by molar-refractivity contribution is 0.196. The van der Waals surface area contributed by atoms with E-state index in [1.807, 2.05) is 29.8 Å². The van der Waals surface area contributed by atoms with Crippen molar-refractivity contribution in [3.63, 3.8) is 0 Å². The van der Waals surface area contributed by atoms with Gasteiger partial charge in [0.15, 0.2) is 0 Å². The van der Waals surface area contributed by atoms with Crippen molar-refractivity contribution in [3.05, 3.63) is 39.1 Å². The first kappa shape index (κ1) is 15.4. The first-order valence-electron chi connectivity index (χ1n) is 6.98. The van der Waals surface area contributed by atoms with Crippen LogP contribution in [0.15, 0.2) is 27.7 Å². The van der Waals surface area contributed by atoms with E-state index in [4.69, 9.17) is 4.74 Å². The summed E-state index contributed by atoms with van der Waals surface area (Å²) in [6.45, 7) is 3.32. The van der Waals surface area contributed by atoms with Gasteiger partial charge in [-0.3, -0.25) is 4.79 Å². The molecule has 3 rings (SSSR count). The first-order valence-corrected chi connectivity index (χ1v) is 8.74. The summed E-state index contributed by atoms with van der Waals surface area (Å²) in [6.07, 6.45) is 0. The largest absolute Gasteiger partial charge is 0.383 e. The van der Waals surface area contributed by atoms with Crippen molar-refractivity contribution in [2.24, 2.45) is 0 Å². The molecule has 3 aromatic rings. The standard InChI is InChI=1S/C15H17N3O2S2/c1-9(16-5-6-20-2)13-17-14(19)12-10(8-22-15(12)18-13)11-4-3-7-21-11/h3-4,7-9,16H,5-6H2,1-2H3,(H,17,18,19)/t9-/m1/s1. The first-order chi connectivity index (χ1) is 10.7. The zero-order chi connectivity index (χ0) is 15.5. The predicted molar refractivity (Wildman–Crippen MR) is 91.8 cm³/mol. The minimum absolute atomic E-state index is 0.0282. The number of hydrogen-bond donors (Lipinski definition) is 2. The summed E-state index contributed by atoms with van der Waals surface area (Å²) in [4.78, 5) is 21.9. The van der Waals surface area contributed by atoms with Gasteiger partial charge in [-0.2, -0.15) is 0 Å². The zero-order valence-corrected chi connectivity index (χ0v) is 14.0. The van der Waals surface area contributed by atoms with Gasteiger partial charge >= 0.3 is 0 Å². The Morgan fingerprint density at radius 3 is 3.05 bits per heavy atom. The molecule has 0 bridgehead atoms. The third-order valence-electron chi connectivity index (χ3n) is 3.42. The van der Waals surface area contributed by atoms with Crippen LogP contribution in [0.3, 0.4) is 0 Å². The van der Waals surface area contributed by atoms with Gasteiger partial charge < -0.3 is 15.0 Å². The van der Waals surface area contributed by atoms with Gasteiger partial charge in [0, 0.05) is 29.5 Å². The molecule has 0 aliphatic rings. The lowest BCUT2D eigenvalue weighted by Crippen LogP contribution is -2.26. The van der Waals surface area contributed by atoms with E-state index in [0.29, 0.717) is 24.4 Å². The quantitative estimate of drug-likeness (QED) is 0.680. The third kappa shape index (κ3) is 2.98. The summed E-state index contributed by atoms with van der Waals surface area (Å²) >= 11 is 3.14. The molecule has 3 aromatic heterocycles. The zero-order valence-electron chi connectivity index (χ0n) is 12.4. The number of methoxy groups -OCH3 is 1. The monoisotopic (exact) mass is 335 g/mol. The van der Waals surface area contributed by atoms with E-state index in [1.165, 1.54) is 11.3 Å². The van der Waals surface area contributed by atoms with Gasteiger partial charge in [-0.15, -0.1) is 22.7 Å². The number of aromatic amines is 1. The van der Waals surface area contributed by atoms with Crippen LogP contribution in [-0.2, 0) is 4.74 Å². The molecule has 2 N–H and O–H groups in total. The van der Waals surface area contributed by atoms with Crippen molar-refractivity contribution < 1.29 is 4.74 Å². The van der Waals surface area contributed by atoms with Crippen LogP contribution in [0.25, 0.3) is 20.7 Å². The highest BCUT2D eigenvalue weighted by atomic mass is 32.1. The van der Waals surface area contributed by atoms with Gasteiger partial charge in [-0.05, 0) is 18.4 Å².